The molecule has 0 amide bonds. The van der Waals surface area contributed by atoms with Gasteiger partial charge in [-0.25, -0.2) is 0 Å². The van der Waals surface area contributed by atoms with Crippen molar-refractivity contribution in [2.24, 2.45) is 0 Å². The first-order valence-electron chi connectivity index (χ1n) is 7.83. The molecule has 22 heavy (non-hydrogen) atoms. The molecule has 1 saturated heterocycles. The van der Waals surface area contributed by atoms with Crippen LogP contribution in [0.15, 0.2) is 48.5 Å². The standard InChI is InChI=1S/C19H22O3/c1-3-20-17-8-4-15(5-9-17)14(2)16-6-10-18(11-7-16)21-12-19-13-22-19/h4-11,14,19H,3,12-13H2,1-2H3. The quantitative estimate of drug-likeness (QED) is 0.724. The van der Waals surface area contributed by atoms with Gasteiger partial charge in [0.05, 0.1) is 13.2 Å². The normalized spacial score (nSPS) is 17.8. The van der Waals surface area contributed by atoms with Crippen LogP contribution >= 0.6 is 0 Å². The Morgan fingerprint density at radius 2 is 1.45 bits per heavy atom. The fourth-order valence-corrected chi connectivity index (χ4v) is 2.42. The Balaban J connectivity index is 1.63. The molecule has 1 heterocycles. The van der Waals surface area contributed by atoms with Crippen LogP contribution in [0.2, 0.25) is 0 Å². The van der Waals surface area contributed by atoms with Gasteiger partial charge < -0.3 is 14.2 Å². The third-order valence-corrected chi connectivity index (χ3v) is 3.91. The fourth-order valence-electron chi connectivity index (χ4n) is 2.42. The Kier molecular flexibility index (Phi) is 4.64. The van der Waals surface area contributed by atoms with E-state index in [9.17, 15) is 0 Å². The van der Waals surface area contributed by atoms with Crippen LogP contribution in [-0.2, 0) is 4.74 Å². The molecule has 1 aliphatic rings. The molecular formula is C19H22O3. The molecule has 0 aromatic heterocycles. The van der Waals surface area contributed by atoms with E-state index >= 15 is 0 Å². The minimum atomic E-state index is 0.294. The van der Waals surface area contributed by atoms with Crippen LogP contribution in [0.25, 0.3) is 0 Å². The Morgan fingerprint density at radius 1 is 0.955 bits per heavy atom. The summed E-state index contributed by atoms with van der Waals surface area (Å²) in [5.74, 6) is 2.17. The molecule has 2 unspecified atom stereocenters. The van der Waals surface area contributed by atoms with Crippen molar-refractivity contribution in [3.63, 3.8) is 0 Å². The molecule has 2 aromatic rings. The summed E-state index contributed by atoms with van der Waals surface area (Å²) < 4.78 is 16.3. The molecule has 0 radical (unpaired) electrons. The van der Waals surface area contributed by atoms with Crippen molar-refractivity contribution in [3.05, 3.63) is 59.7 Å². The maximum absolute atomic E-state index is 5.67. The molecule has 0 bridgehead atoms. The van der Waals surface area contributed by atoms with Crippen molar-refractivity contribution >= 4 is 0 Å². The zero-order valence-corrected chi connectivity index (χ0v) is 13.1. The van der Waals surface area contributed by atoms with Crippen LogP contribution in [0.4, 0.5) is 0 Å². The number of epoxide rings is 1. The van der Waals surface area contributed by atoms with E-state index < -0.39 is 0 Å². The van der Waals surface area contributed by atoms with E-state index in [0.29, 0.717) is 25.2 Å². The summed E-state index contributed by atoms with van der Waals surface area (Å²) in [7, 11) is 0. The maximum atomic E-state index is 5.67. The van der Waals surface area contributed by atoms with Gasteiger partial charge in [-0.2, -0.15) is 0 Å². The van der Waals surface area contributed by atoms with E-state index in [0.717, 1.165) is 18.1 Å². The molecule has 2 aromatic carbocycles. The Bertz CT molecular complexity index is 585. The largest absolute Gasteiger partial charge is 0.494 e. The molecule has 0 N–H and O–H groups in total. The molecule has 0 spiro atoms. The van der Waals surface area contributed by atoms with Crippen molar-refractivity contribution < 1.29 is 14.2 Å². The lowest BCUT2D eigenvalue weighted by molar-refractivity contribution is 0.263. The van der Waals surface area contributed by atoms with Crippen molar-refractivity contribution in [1.82, 2.24) is 0 Å². The summed E-state index contributed by atoms with van der Waals surface area (Å²) in [6.45, 7) is 6.38. The molecule has 116 valence electrons. The fraction of sp³-hybridized carbons (Fsp3) is 0.368. The summed E-state index contributed by atoms with van der Waals surface area (Å²) in [5.41, 5.74) is 2.56. The van der Waals surface area contributed by atoms with Crippen LogP contribution in [0, 0.1) is 0 Å². The summed E-state index contributed by atoms with van der Waals surface area (Å²) in [5, 5.41) is 0. The second kappa shape index (κ2) is 6.84. The van der Waals surface area contributed by atoms with Gasteiger partial charge in [0.15, 0.2) is 0 Å². The average molecular weight is 298 g/mol. The van der Waals surface area contributed by atoms with Gasteiger partial charge >= 0.3 is 0 Å². The van der Waals surface area contributed by atoms with Crippen molar-refractivity contribution in [2.75, 3.05) is 19.8 Å². The summed E-state index contributed by atoms with van der Waals surface area (Å²) in [6.07, 6.45) is 0.294. The second-order valence-electron chi connectivity index (χ2n) is 5.56. The second-order valence-corrected chi connectivity index (χ2v) is 5.56. The Morgan fingerprint density at radius 3 is 1.91 bits per heavy atom. The molecule has 3 heteroatoms. The van der Waals surface area contributed by atoms with E-state index in [1.165, 1.54) is 11.1 Å². The Labute approximate surface area is 131 Å². The minimum Gasteiger partial charge on any atom is -0.494 e. The molecule has 2 atom stereocenters. The van der Waals surface area contributed by atoms with Gasteiger partial charge in [0, 0.05) is 5.92 Å². The lowest BCUT2D eigenvalue weighted by atomic mass is 9.93. The van der Waals surface area contributed by atoms with Gasteiger partial charge in [-0.15, -0.1) is 0 Å². The number of hydrogen-bond acceptors (Lipinski definition) is 3. The third kappa shape index (κ3) is 3.80. The predicted octanol–water partition coefficient (Wildman–Crippen LogP) is 4.01. The first-order chi connectivity index (χ1) is 10.8. The first-order valence-corrected chi connectivity index (χ1v) is 7.83. The molecule has 3 rings (SSSR count). The van der Waals surface area contributed by atoms with Gasteiger partial charge in [-0.3, -0.25) is 0 Å². The zero-order valence-electron chi connectivity index (χ0n) is 13.1. The zero-order chi connectivity index (χ0) is 15.4. The summed E-state index contributed by atoms with van der Waals surface area (Å²) >= 11 is 0. The first kappa shape index (κ1) is 14.9. The lowest BCUT2D eigenvalue weighted by Gasteiger charge is -2.14. The number of ether oxygens (including phenoxy) is 3. The highest BCUT2D eigenvalue weighted by atomic mass is 16.6. The van der Waals surface area contributed by atoms with Crippen molar-refractivity contribution in [1.29, 1.82) is 0 Å². The van der Waals surface area contributed by atoms with Crippen LogP contribution < -0.4 is 9.47 Å². The topological polar surface area (TPSA) is 31.0 Å². The highest BCUT2D eigenvalue weighted by molar-refractivity contribution is 5.37. The van der Waals surface area contributed by atoms with E-state index in [1.54, 1.807) is 0 Å². The van der Waals surface area contributed by atoms with Gasteiger partial charge in [0.2, 0.25) is 0 Å². The van der Waals surface area contributed by atoms with E-state index in [1.807, 2.05) is 31.2 Å². The van der Waals surface area contributed by atoms with Crippen LogP contribution in [0.1, 0.15) is 30.9 Å². The van der Waals surface area contributed by atoms with Crippen LogP contribution in [0.3, 0.4) is 0 Å². The van der Waals surface area contributed by atoms with Crippen molar-refractivity contribution in [3.8, 4) is 11.5 Å². The van der Waals surface area contributed by atoms with E-state index in [4.69, 9.17) is 14.2 Å². The monoisotopic (exact) mass is 298 g/mol. The Hall–Kier alpha value is -2.00. The van der Waals surface area contributed by atoms with Gasteiger partial charge in [-0.05, 0) is 42.3 Å². The maximum Gasteiger partial charge on any atom is 0.119 e. The van der Waals surface area contributed by atoms with Gasteiger partial charge in [0.1, 0.15) is 24.2 Å². The average Bonchev–Trinajstić information content (AvgIpc) is 3.38. The molecule has 1 fully saturated rings. The smallest absolute Gasteiger partial charge is 0.119 e. The molecule has 3 nitrogen and oxygen atoms in total. The van der Waals surface area contributed by atoms with Gasteiger partial charge in [0.25, 0.3) is 0 Å². The minimum absolute atomic E-state index is 0.294. The highest BCUT2D eigenvalue weighted by Gasteiger charge is 2.23. The van der Waals surface area contributed by atoms with E-state index in [2.05, 4.69) is 31.2 Å². The number of hydrogen-bond donors (Lipinski definition) is 0. The third-order valence-electron chi connectivity index (χ3n) is 3.91. The highest BCUT2D eigenvalue weighted by Crippen LogP contribution is 2.27. The summed E-state index contributed by atoms with van der Waals surface area (Å²) in [4.78, 5) is 0. The van der Waals surface area contributed by atoms with E-state index in [-0.39, 0.29) is 0 Å². The molecule has 1 aliphatic heterocycles. The number of benzene rings is 2. The SMILES string of the molecule is CCOc1ccc(C(C)c2ccc(OCC3CO3)cc2)cc1. The molecule has 0 aliphatic carbocycles. The van der Waals surface area contributed by atoms with Crippen LogP contribution in [0.5, 0.6) is 11.5 Å². The lowest BCUT2D eigenvalue weighted by Crippen LogP contribution is -2.04. The molecular weight excluding hydrogens is 276 g/mol. The van der Waals surface area contributed by atoms with Gasteiger partial charge in [-0.1, -0.05) is 31.2 Å². The van der Waals surface area contributed by atoms with Crippen molar-refractivity contribution in [2.45, 2.75) is 25.9 Å². The number of rotatable bonds is 7. The van der Waals surface area contributed by atoms with Crippen LogP contribution in [-0.4, -0.2) is 25.9 Å². The molecule has 0 saturated carbocycles. The summed E-state index contributed by atoms with van der Waals surface area (Å²) in [6, 6.07) is 16.6. The predicted molar refractivity (Wildman–Crippen MR) is 86.8 cm³/mol.